The van der Waals surface area contributed by atoms with Gasteiger partial charge in [-0.15, -0.1) is 0 Å². The molecule has 1 aromatic rings. The Balaban J connectivity index is 2.17. The second kappa shape index (κ2) is 7.15. The van der Waals surface area contributed by atoms with Crippen molar-refractivity contribution < 1.29 is 10.0 Å². The Morgan fingerprint density at radius 1 is 1.40 bits per heavy atom. The van der Waals surface area contributed by atoms with Crippen LogP contribution < -0.4 is 0 Å². The molecular formula is C14H19BrN2O3. The maximum absolute atomic E-state index is 11.0. The van der Waals surface area contributed by atoms with Crippen molar-refractivity contribution in [3.8, 4) is 0 Å². The molecule has 0 atom stereocenters. The standard InChI is InChI=1S/C14H19BrN2O3/c15-14-11(4-3-7-13(14)17(19)20)10-16(8-9-18)12-5-1-2-6-12/h3-4,7,12,18H,1-2,5-6,8-10H2. The summed E-state index contributed by atoms with van der Waals surface area (Å²) in [6.07, 6.45) is 4.74. The van der Waals surface area contributed by atoms with Gasteiger partial charge in [0.2, 0.25) is 0 Å². The SMILES string of the molecule is O=[N+]([O-])c1cccc(CN(CCO)C2CCCC2)c1Br. The molecule has 1 aromatic carbocycles. The molecule has 1 aliphatic carbocycles. The number of rotatable bonds is 6. The molecule has 6 heteroatoms. The zero-order valence-electron chi connectivity index (χ0n) is 11.3. The van der Waals surface area contributed by atoms with E-state index in [1.54, 1.807) is 6.07 Å². The summed E-state index contributed by atoms with van der Waals surface area (Å²) in [6, 6.07) is 5.59. The Morgan fingerprint density at radius 3 is 2.70 bits per heavy atom. The van der Waals surface area contributed by atoms with E-state index < -0.39 is 0 Å². The molecule has 1 aliphatic rings. The summed E-state index contributed by atoms with van der Waals surface area (Å²) in [5.74, 6) is 0. The molecule has 0 unspecified atom stereocenters. The molecule has 0 radical (unpaired) electrons. The van der Waals surface area contributed by atoms with Gasteiger partial charge >= 0.3 is 0 Å². The van der Waals surface area contributed by atoms with E-state index in [-0.39, 0.29) is 17.2 Å². The molecule has 0 saturated heterocycles. The molecule has 110 valence electrons. The number of hydrogen-bond acceptors (Lipinski definition) is 4. The van der Waals surface area contributed by atoms with E-state index in [4.69, 9.17) is 0 Å². The minimum Gasteiger partial charge on any atom is -0.395 e. The number of aliphatic hydroxyl groups is 1. The van der Waals surface area contributed by atoms with Crippen molar-refractivity contribution in [2.75, 3.05) is 13.2 Å². The van der Waals surface area contributed by atoms with Gasteiger partial charge in [-0.3, -0.25) is 15.0 Å². The van der Waals surface area contributed by atoms with Crippen LogP contribution in [0.5, 0.6) is 0 Å². The number of hydrogen-bond donors (Lipinski definition) is 1. The molecule has 0 spiro atoms. The summed E-state index contributed by atoms with van der Waals surface area (Å²) in [4.78, 5) is 12.8. The molecular weight excluding hydrogens is 324 g/mol. The van der Waals surface area contributed by atoms with Gasteiger partial charge in [0.25, 0.3) is 5.69 Å². The second-order valence-corrected chi connectivity index (χ2v) is 5.93. The molecule has 0 amide bonds. The molecule has 0 heterocycles. The zero-order valence-corrected chi connectivity index (χ0v) is 12.9. The topological polar surface area (TPSA) is 66.6 Å². The van der Waals surface area contributed by atoms with Crippen LogP contribution in [0, 0.1) is 10.1 Å². The molecule has 20 heavy (non-hydrogen) atoms. The van der Waals surface area contributed by atoms with Crippen molar-refractivity contribution in [2.45, 2.75) is 38.3 Å². The lowest BCUT2D eigenvalue weighted by Crippen LogP contribution is -2.35. The first kappa shape index (κ1) is 15.4. The van der Waals surface area contributed by atoms with Crippen LogP contribution in [-0.2, 0) is 6.54 Å². The molecule has 1 N–H and O–H groups in total. The van der Waals surface area contributed by atoms with E-state index in [1.807, 2.05) is 6.07 Å². The van der Waals surface area contributed by atoms with Gasteiger partial charge in [-0.1, -0.05) is 25.0 Å². The summed E-state index contributed by atoms with van der Waals surface area (Å²) in [7, 11) is 0. The molecule has 1 fully saturated rings. The Bertz CT molecular complexity index is 475. The third-order valence-corrected chi connectivity index (χ3v) is 4.77. The van der Waals surface area contributed by atoms with Crippen LogP contribution in [0.15, 0.2) is 22.7 Å². The summed E-state index contributed by atoms with van der Waals surface area (Å²) >= 11 is 3.34. The van der Waals surface area contributed by atoms with E-state index >= 15 is 0 Å². The van der Waals surface area contributed by atoms with Gasteiger partial charge in [-0.05, 0) is 34.3 Å². The summed E-state index contributed by atoms with van der Waals surface area (Å²) in [5, 5.41) is 20.2. The smallest absolute Gasteiger partial charge is 0.283 e. The van der Waals surface area contributed by atoms with E-state index in [0.717, 1.165) is 18.4 Å². The molecule has 1 saturated carbocycles. The van der Waals surface area contributed by atoms with Crippen LogP contribution in [0.2, 0.25) is 0 Å². The van der Waals surface area contributed by atoms with E-state index in [0.29, 0.717) is 23.6 Å². The van der Waals surface area contributed by atoms with Crippen molar-refractivity contribution in [2.24, 2.45) is 0 Å². The first-order chi connectivity index (χ1) is 9.63. The van der Waals surface area contributed by atoms with Gasteiger partial charge in [0.15, 0.2) is 0 Å². The van der Waals surface area contributed by atoms with Crippen LogP contribution in [0.4, 0.5) is 5.69 Å². The lowest BCUT2D eigenvalue weighted by atomic mass is 10.1. The number of nitrogens with zero attached hydrogens (tertiary/aromatic N) is 2. The predicted molar refractivity (Wildman–Crippen MR) is 80.5 cm³/mol. The van der Waals surface area contributed by atoms with Gasteiger partial charge < -0.3 is 5.11 Å². The molecule has 0 aromatic heterocycles. The van der Waals surface area contributed by atoms with Gasteiger partial charge in [-0.2, -0.15) is 0 Å². The Kier molecular flexibility index (Phi) is 5.51. The number of nitro benzene ring substituents is 1. The Labute approximate surface area is 126 Å². The van der Waals surface area contributed by atoms with Crippen LogP contribution in [0.1, 0.15) is 31.2 Å². The highest BCUT2D eigenvalue weighted by molar-refractivity contribution is 9.10. The maximum atomic E-state index is 11.0. The highest BCUT2D eigenvalue weighted by Crippen LogP contribution is 2.31. The highest BCUT2D eigenvalue weighted by Gasteiger charge is 2.24. The molecule has 0 aliphatic heterocycles. The van der Waals surface area contributed by atoms with Crippen LogP contribution >= 0.6 is 15.9 Å². The number of benzene rings is 1. The van der Waals surface area contributed by atoms with Crippen molar-refractivity contribution in [1.82, 2.24) is 4.90 Å². The largest absolute Gasteiger partial charge is 0.395 e. The first-order valence-corrected chi connectivity index (χ1v) is 7.69. The van der Waals surface area contributed by atoms with E-state index in [2.05, 4.69) is 20.8 Å². The maximum Gasteiger partial charge on any atom is 0.283 e. The Hall–Kier alpha value is -0.980. The van der Waals surface area contributed by atoms with Crippen LogP contribution in [0.3, 0.4) is 0 Å². The minimum atomic E-state index is -0.375. The van der Waals surface area contributed by atoms with Gasteiger partial charge in [0, 0.05) is 25.2 Å². The van der Waals surface area contributed by atoms with Gasteiger partial charge in [0.1, 0.15) is 0 Å². The fraction of sp³-hybridized carbons (Fsp3) is 0.571. The molecule has 0 bridgehead atoms. The lowest BCUT2D eigenvalue weighted by Gasteiger charge is -2.28. The second-order valence-electron chi connectivity index (χ2n) is 5.14. The Morgan fingerprint density at radius 2 is 2.10 bits per heavy atom. The summed E-state index contributed by atoms with van der Waals surface area (Å²) in [5.41, 5.74) is 0.998. The van der Waals surface area contributed by atoms with Gasteiger partial charge in [-0.25, -0.2) is 0 Å². The fourth-order valence-electron chi connectivity index (χ4n) is 2.84. The number of aliphatic hydroxyl groups excluding tert-OH is 1. The molecule has 2 rings (SSSR count). The highest BCUT2D eigenvalue weighted by atomic mass is 79.9. The fourth-order valence-corrected chi connectivity index (χ4v) is 3.37. The quantitative estimate of drug-likeness (QED) is 0.637. The monoisotopic (exact) mass is 342 g/mol. The van der Waals surface area contributed by atoms with Crippen molar-refractivity contribution in [1.29, 1.82) is 0 Å². The first-order valence-electron chi connectivity index (χ1n) is 6.90. The molecule has 5 nitrogen and oxygen atoms in total. The van der Waals surface area contributed by atoms with E-state index in [1.165, 1.54) is 18.9 Å². The van der Waals surface area contributed by atoms with Crippen molar-refractivity contribution >= 4 is 21.6 Å². The lowest BCUT2D eigenvalue weighted by molar-refractivity contribution is -0.385. The average molecular weight is 343 g/mol. The van der Waals surface area contributed by atoms with Crippen molar-refractivity contribution in [3.05, 3.63) is 38.3 Å². The zero-order chi connectivity index (χ0) is 14.5. The normalized spacial score (nSPS) is 15.9. The number of halogens is 1. The summed E-state index contributed by atoms with van der Waals surface area (Å²) < 4.78 is 0.547. The minimum absolute atomic E-state index is 0.0953. The third kappa shape index (κ3) is 3.56. The predicted octanol–water partition coefficient (Wildman–Crippen LogP) is 3.09. The van der Waals surface area contributed by atoms with Crippen molar-refractivity contribution in [3.63, 3.8) is 0 Å². The van der Waals surface area contributed by atoms with Gasteiger partial charge in [0.05, 0.1) is 16.0 Å². The number of nitro groups is 1. The summed E-state index contributed by atoms with van der Waals surface area (Å²) in [6.45, 7) is 1.36. The van der Waals surface area contributed by atoms with E-state index in [9.17, 15) is 15.2 Å². The van der Waals surface area contributed by atoms with Crippen LogP contribution in [0.25, 0.3) is 0 Å². The van der Waals surface area contributed by atoms with Crippen LogP contribution in [-0.4, -0.2) is 34.1 Å². The third-order valence-electron chi connectivity index (χ3n) is 3.86. The average Bonchev–Trinajstić information content (AvgIpc) is 2.94.